The van der Waals surface area contributed by atoms with Gasteiger partial charge in [-0.2, -0.15) is 0 Å². The van der Waals surface area contributed by atoms with E-state index in [1.807, 2.05) is 5.51 Å². The number of unbranched alkanes of at least 4 members (excludes halogenated alkanes) is 2. The van der Waals surface area contributed by atoms with Crippen molar-refractivity contribution in [3.05, 3.63) is 36.2 Å². The Morgan fingerprint density at radius 3 is 3.07 bits per heavy atom. The highest BCUT2D eigenvalue weighted by molar-refractivity contribution is 7.16. The van der Waals surface area contributed by atoms with Gasteiger partial charge in [0, 0.05) is 0 Å². The number of benzene rings is 1. The van der Waals surface area contributed by atoms with Crippen LogP contribution in [0.4, 0.5) is 0 Å². The third-order valence-electron chi connectivity index (χ3n) is 2.38. The first-order chi connectivity index (χ1) is 6.92. The largest absolute Gasteiger partial charge is 0.245 e. The molecule has 0 aliphatic heterocycles. The fraction of sp³-hybridized carbons (Fsp3) is 0.333. The van der Waals surface area contributed by atoms with Crippen molar-refractivity contribution in [1.29, 1.82) is 0 Å². The van der Waals surface area contributed by atoms with E-state index in [1.54, 1.807) is 11.3 Å². The lowest BCUT2D eigenvalue weighted by Crippen LogP contribution is -1.85. The molecule has 14 heavy (non-hydrogen) atoms. The zero-order chi connectivity index (χ0) is 9.80. The molecular weight excluding hydrogens is 190 g/mol. The summed E-state index contributed by atoms with van der Waals surface area (Å²) in [6.07, 6.45) is 4.66. The zero-order valence-corrected chi connectivity index (χ0v) is 9.02. The van der Waals surface area contributed by atoms with Crippen molar-refractivity contribution in [2.24, 2.45) is 0 Å². The Bertz CT molecular complexity index is 405. The second-order valence-electron chi connectivity index (χ2n) is 3.43. The summed E-state index contributed by atoms with van der Waals surface area (Å²) in [7, 11) is 0. The number of aryl methyl sites for hydroxylation is 1. The lowest BCUT2D eigenvalue weighted by molar-refractivity contribution is 0.749. The minimum atomic E-state index is 1.04. The maximum atomic E-state index is 4.31. The first-order valence-electron chi connectivity index (χ1n) is 5.02. The van der Waals surface area contributed by atoms with Crippen molar-refractivity contribution < 1.29 is 0 Å². The SMILES string of the molecule is [CH2]CCCCc1cccc2ncsc12. The van der Waals surface area contributed by atoms with Gasteiger partial charge in [0.2, 0.25) is 0 Å². The maximum absolute atomic E-state index is 4.31. The van der Waals surface area contributed by atoms with Crippen molar-refractivity contribution in [1.82, 2.24) is 4.98 Å². The van der Waals surface area contributed by atoms with E-state index in [4.69, 9.17) is 0 Å². The van der Waals surface area contributed by atoms with Gasteiger partial charge >= 0.3 is 0 Å². The molecule has 73 valence electrons. The normalized spacial score (nSPS) is 10.9. The van der Waals surface area contributed by atoms with Gasteiger partial charge in [-0.25, -0.2) is 4.98 Å². The molecule has 0 spiro atoms. The first kappa shape index (κ1) is 9.66. The third kappa shape index (κ3) is 1.95. The van der Waals surface area contributed by atoms with Crippen LogP contribution < -0.4 is 0 Å². The van der Waals surface area contributed by atoms with Crippen LogP contribution in [-0.4, -0.2) is 4.98 Å². The molecule has 2 rings (SSSR count). The molecule has 0 saturated carbocycles. The Kier molecular flexibility index (Phi) is 3.14. The van der Waals surface area contributed by atoms with E-state index >= 15 is 0 Å². The van der Waals surface area contributed by atoms with Crippen LogP contribution in [0.5, 0.6) is 0 Å². The van der Waals surface area contributed by atoms with Crippen LogP contribution in [0.25, 0.3) is 10.2 Å². The zero-order valence-electron chi connectivity index (χ0n) is 8.20. The van der Waals surface area contributed by atoms with Gasteiger partial charge in [-0.3, -0.25) is 0 Å². The Morgan fingerprint density at radius 2 is 2.21 bits per heavy atom. The Balaban J connectivity index is 2.19. The summed E-state index contributed by atoms with van der Waals surface area (Å²) in [5.74, 6) is 0. The van der Waals surface area contributed by atoms with Gasteiger partial charge in [-0.15, -0.1) is 11.3 Å². The van der Waals surface area contributed by atoms with Crippen molar-refractivity contribution in [3.63, 3.8) is 0 Å². The number of aromatic nitrogens is 1. The molecule has 0 saturated heterocycles. The molecule has 1 nitrogen and oxygen atoms in total. The lowest BCUT2D eigenvalue weighted by Gasteiger charge is -2.01. The van der Waals surface area contributed by atoms with Gasteiger partial charge in [-0.1, -0.05) is 31.9 Å². The standard InChI is InChI=1S/C12H14NS/c1-2-3-4-6-10-7-5-8-11-12(10)14-9-13-11/h5,7-9H,1-4,6H2. The summed E-state index contributed by atoms with van der Waals surface area (Å²) in [5.41, 5.74) is 4.51. The molecule has 1 aromatic carbocycles. The van der Waals surface area contributed by atoms with Crippen LogP contribution >= 0.6 is 11.3 Å². The molecule has 0 fully saturated rings. The topological polar surface area (TPSA) is 12.9 Å². The number of hydrogen-bond acceptors (Lipinski definition) is 2. The minimum Gasteiger partial charge on any atom is -0.245 e. The van der Waals surface area contributed by atoms with Gasteiger partial charge in [0.25, 0.3) is 0 Å². The predicted molar refractivity (Wildman–Crippen MR) is 62.5 cm³/mol. The molecule has 0 bridgehead atoms. The van der Waals surface area contributed by atoms with E-state index in [9.17, 15) is 0 Å². The molecule has 0 unspecified atom stereocenters. The highest BCUT2D eigenvalue weighted by atomic mass is 32.1. The number of thiazole rings is 1. The average molecular weight is 204 g/mol. The van der Waals surface area contributed by atoms with Crippen LogP contribution in [0.2, 0.25) is 0 Å². The average Bonchev–Trinajstić information content (AvgIpc) is 2.67. The van der Waals surface area contributed by atoms with Crippen molar-refractivity contribution in [3.8, 4) is 0 Å². The lowest BCUT2D eigenvalue weighted by atomic mass is 10.1. The van der Waals surface area contributed by atoms with Gasteiger partial charge in [-0.05, 0) is 24.5 Å². The van der Waals surface area contributed by atoms with Crippen molar-refractivity contribution >= 4 is 21.6 Å². The molecule has 0 atom stereocenters. The van der Waals surface area contributed by atoms with E-state index in [0.717, 1.165) is 18.4 Å². The summed E-state index contributed by atoms with van der Waals surface area (Å²) in [5, 5.41) is 0. The van der Waals surface area contributed by atoms with E-state index in [1.165, 1.54) is 23.1 Å². The van der Waals surface area contributed by atoms with Gasteiger partial charge < -0.3 is 0 Å². The second kappa shape index (κ2) is 4.56. The monoisotopic (exact) mass is 204 g/mol. The van der Waals surface area contributed by atoms with E-state index < -0.39 is 0 Å². The highest BCUT2D eigenvalue weighted by Gasteiger charge is 2.02. The van der Waals surface area contributed by atoms with E-state index in [2.05, 4.69) is 30.1 Å². The second-order valence-corrected chi connectivity index (χ2v) is 4.28. The van der Waals surface area contributed by atoms with E-state index in [-0.39, 0.29) is 0 Å². The van der Waals surface area contributed by atoms with Crippen LogP contribution in [-0.2, 0) is 6.42 Å². The number of nitrogens with zero attached hydrogens (tertiary/aromatic N) is 1. The number of fused-ring (bicyclic) bond motifs is 1. The van der Waals surface area contributed by atoms with Crippen LogP contribution in [0.1, 0.15) is 24.8 Å². The molecule has 2 heteroatoms. The maximum Gasteiger partial charge on any atom is 0.0814 e. The summed E-state index contributed by atoms with van der Waals surface area (Å²) in [6, 6.07) is 6.39. The minimum absolute atomic E-state index is 1.04. The Morgan fingerprint density at radius 1 is 1.29 bits per heavy atom. The number of hydrogen-bond donors (Lipinski definition) is 0. The van der Waals surface area contributed by atoms with Crippen molar-refractivity contribution in [2.45, 2.75) is 25.7 Å². The fourth-order valence-corrected chi connectivity index (χ4v) is 2.47. The number of rotatable bonds is 4. The summed E-state index contributed by atoms with van der Waals surface area (Å²) in [4.78, 5) is 4.31. The summed E-state index contributed by atoms with van der Waals surface area (Å²) >= 11 is 1.75. The van der Waals surface area contributed by atoms with Crippen LogP contribution in [0.3, 0.4) is 0 Å². The predicted octanol–water partition coefficient (Wildman–Crippen LogP) is 3.84. The summed E-state index contributed by atoms with van der Waals surface area (Å²) in [6.45, 7) is 3.86. The van der Waals surface area contributed by atoms with Crippen molar-refractivity contribution in [2.75, 3.05) is 0 Å². The molecule has 1 radical (unpaired) electrons. The Labute approximate surface area is 88.8 Å². The fourth-order valence-electron chi connectivity index (χ4n) is 1.63. The molecule has 1 aromatic heterocycles. The van der Waals surface area contributed by atoms with Gasteiger partial charge in [0.1, 0.15) is 0 Å². The smallest absolute Gasteiger partial charge is 0.0814 e. The van der Waals surface area contributed by atoms with Gasteiger partial charge in [0.15, 0.2) is 0 Å². The molecule has 1 heterocycles. The first-order valence-corrected chi connectivity index (χ1v) is 5.90. The molecule has 2 aromatic rings. The molecule has 0 aliphatic rings. The van der Waals surface area contributed by atoms with E-state index in [0.29, 0.717) is 0 Å². The molecule has 0 N–H and O–H groups in total. The van der Waals surface area contributed by atoms with Crippen LogP contribution in [0, 0.1) is 6.92 Å². The Hall–Kier alpha value is -0.890. The molecule has 0 amide bonds. The third-order valence-corrected chi connectivity index (χ3v) is 3.30. The molecule has 0 aliphatic carbocycles. The van der Waals surface area contributed by atoms with Crippen LogP contribution in [0.15, 0.2) is 23.7 Å². The quantitative estimate of drug-likeness (QED) is 0.689. The van der Waals surface area contributed by atoms with Gasteiger partial charge in [0.05, 0.1) is 15.7 Å². The molecular formula is C12H14NS. The highest BCUT2D eigenvalue weighted by Crippen LogP contribution is 2.23. The summed E-state index contributed by atoms with van der Waals surface area (Å²) < 4.78 is 1.36.